The van der Waals surface area contributed by atoms with E-state index in [4.69, 9.17) is 4.74 Å². The highest BCUT2D eigenvalue weighted by Crippen LogP contribution is 2.33. The highest BCUT2D eigenvalue weighted by molar-refractivity contribution is 7.15. The van der Waals surface area contributed by atoms with Crippen molar-refractivity contribution in [3.63, 3.8) is 0 Å². The molecule has 3 fully saturated rings. The summed E-state index contributed by atoms with van der Waals surface area (Å²) in [5.41, 5.74) is 0.307. The maximum Gasteiger partial charge on any atom is 0.348 e. The fraction of sp³-hybridized carbons (Fsp3) is 0.656. The first-order chi connectivity index (χ1) is 19.6. The van der Waals surface area contributed by atoms with Crippen molar-refractivity contribution in [3.05, 3.63) is 15.8 Å². The molecule has 2 saturated heterocycles. The van der Waals surface area contributed by atoms with Gasteiger partial charge in [-0.25, -0.2) is 4.79 Å². The second kappa shape index (κ2) is 20.1. The molecule has 3 heterocycles. The Balaban J connectivity index is 0.000000400. The van der Waals surface area contributed by atoms with E-state index in [9.17, 15) is 19.5 Å². The lowest BCUT2D eigenvalue weighted by Gasteiger charge is -2.34. The molecule has 0 spiro atoms. The number of hydrogen-bond donors (Lipinski definition) is 2. The van der Waals surface area contributed by atoms with Crippen molar-refractivity contribution in [3.8, 4) is 24.7 Å². The Kier molecular flexibility index (Phi) is 17.7. The minimum Gasteiger partial charge on any atom is -0.477 e. The van der Waals surface area contributed by atoms with E-state index in [0.717, 1.165) is 69.6 Å². The topological polar surface area (TPSA) is 99.2 Å². The number of likely N-dealkylation sites (tertiary alicyclic amines) is 1. The van der Waals surface area contributed by atoms with E-state index in [-0.39, 0.29) is 22.4 Å². The molecule has 0 unspecified atom stereocenters. The van der Waals surface area contributed by atoms with E-state index in [1.54, 1.807) is 11.0 Å². The molecule has 4 rings (SSSR count). The number of piperidine rings is 2. The number of ether oxygens (including phenoxy) is 1. The van der Waals surface area contributed by atoms with Crippen LogP contribution in [0.15, 0.2) is 6.07 Å². The van der Waals surface area contributed by atoms with Gasteiger partial charge in [0.15, 0.2) is 0 Å². The Hall–Kier alpha value is -2.85. The molecule has 0 atom stereocenters. The summed E-state index contributed by atoms with van der Waals surface area (Å²) in [6.45, 7) is 10.3. The van der Waals surface area contributed by atoms with Gasteiger partial charge in [-0.05, 0) is 85.7 Å². The van der Waals surface area contributed by atoms with Crippen LogP contribution in [0.5, 0.6) is 0 Å². The summed E-state index contributed by atoms with van der Waals surface area (Å²) in [5.74, 6) is 5.14. The van der Waals surface area contributed by atoms with E-state index in [2.05, 4.69) is 42.0 Å². The third-order valence-electron chi connectivity index (χ3n) is 6.97. The molecule has 0 aromatic carbocycles. The second-order valence-corrected chi connectivity index (χ2v) is 12.5. The maximum atomic E-state index is 11.7. The van der Waals surface area contributed by atoms with Crippen LogP contribution < -0.4 is 10.2 Å². The summed E-state index contributed by atoms with van der Waals surface area (Å²) < 4.78 is 4.76. The van der Waals surface area contributed by atoms with Crippen molar-refractivity contribution in [1.29, 1.82) is 0 Å². The molecule has 8 nitrogen and oxygen atoms in total. The van der Waals surface area contributed by atoms with Gasteiger partial charge in [0.1, 0.15) is 11.0 Å². The molecule has 1 saturated carbocycles. The molecule has 0 bridgehead atoms. The van der Waals surface area contributed by atoms with Crippen molar-refractivity contribution >= 4 is 35.9 Å². The number of nitrogens with zero attached hydrogens (tertiary/aromatic N) is 2. The van der Waals surface area contributed by atoms with Crippen molar-refractivity contribution in [2.75, 3.05) is 38.1 Å². The van der Waals surface area contributed by atoms with Crippen LogP contribution in [0.25, 0.3) is 0 Å². The van der Waals surface area contributed by atoms with E-state index < -0.39 is 5.97 Å². The summed E-state index contributed by atoms with van der Waals surface area (Å²) in [6.07, 6.45) is 21.5. The van der Waals surface area contributed by atoms with Gasteiger partial charge in [-0.1, -0.05) is 50.4 Å². The minimum absolute atomic E-state index is 0.0369. The summed E-state index contributed by atoms with van der Waals surface area (Å²) in [7, 11) is 2.05. The highest BCUT2D eigenvalue weighted by Gasteiger charge is 2.28. The summed E-state index contributed by atoms with van der Waals surface area (Å²) in [6, 6.07) is 1.77. The van der Waals surface area contributed by atoms with Gasteiger partial charge < -0.3 is 25.0 Å². The van der Waals surface area contributed by atoms with Gasteiger partial charge in [0, 0.05) is 11.5 Å². The number of hydrogen-bond acceptors (Lipinski definition) is 7. The molecule has 2 aliphatic heterocycles. The third kappa shape index (κ3) is 14.6. The van der Waals surface area contributed by atoms with Gasteiger partial charge in [0.2, 0.25) is 6.41 Å². The number of anilines is 1. The van der Waals surface area contributed by atoms with Crippen LogP contribution in [0.4, 0.5) is 5.69 Å². The molecule has 2 N–H and O–H groups in total. The molecule has 1 amide bonds. The van der Waals surface area contributed by atoms with Gasteiger partial charge in [-0.15, -0.1) is 24.2 Å². The standard InChI is InChI=1S/C18H24N2O3S.C6H11NO2.C6H12.C2H2/c1-18(2,3)8-5-14-11-15(16(24-14)17(22)23)20(12-21)13-6-9-19(4)10-7-13;8-5-9-6-1-3-7-4-2-6;1-2-4-6-5-3-1;1-2/h11-13H,6-7,9-10H2,1-4H3,(H,22,23);5-7H,1-4H2;1-6H2;1-2H. The highest BCUT2D eigenvalue weighted by atomic mass is 32.1. The zero-order chi connectivity index (χ0) is 30.7. The molecule has 3 aliphatic rings. The third-order valence-corrected chi connectivity index (χ3v) is 8.00. The molecule has 9 heteroatoms. The van der Waals surface area contributed by atoms with Crippen molar-refractivity contribution in [1.82, 2.24) is 10.2 Å². The van der Waals surface area contributed by atoms with Crippen LogP contribution >= 0.6 is 11.3 Å². The molecular weight excluding hydrogens is 538 g/mol. The second-order valence-electron chi connectivity index (χ2n) is 11.5. The van der Waals surface area contributed by atoms with Crippen LogP contribution in [0, 0.1) is 30.1 Å². The predicted octanol–water partition coefficient (Wildman–Crippen LogP) is 5.40. The van der Waals surface area contributed by atoms with Gasteiger partial charge in [0.25, 0.3) is 6.47 Å². The van der Waals surface area contributed by atoms with Gasteiger partial charge in [-0.2, -0.15) is 0 Å². The predicted molar refractivity (Wildman–Crippen MR) is 167 cm³/mol. The first-order valence-electron chi connectivity index (χ1n) is 14.6. The van der Waals surface area contributed by atoms with Crippen molar-refractivity contribution < 1.29 is 24.2 Å². The average Bonchev–Trinajstić information content (AvgIpc) is 3.41. The zero-order valence-corrected chi connectivity index (χ0v) is 26.1. The van der Waals surface area contributed by atoms with E-state index >= 15 is 0 Å². The first-order valence-corrected chi connectivity index (χ1v) is 15.4. The van der Waals surface area contributed by atoms with Gasteiger partial charge >= 0.3 is 5.97 Å². The Morgan fingerprint density at radius 2 is 1.61 bits per heavy atom. The monoisotopic (exact) mass is 587 g/mol. The number of amides is 1. The van der Waals surface area contributed by atoms with Crippen LogP contribution in [-0.2, 0) is 14.3 Å². The van der Waals surface area contributed by atoms with Crippen LogP contribution in [-0.4, -0.2) is 74.2 Å². The maximum absolute atomic E-state index is 11.7. The number of terminal acetylenes is 1. The Morgan fingerprint density at radius 3 is 2.05 bits per heavy atom. The first kappa shape index (κ1) is 36.2. The van der Waals surface area contributed by atoms with E-state index in [0.29, 0.717) is 17.0 Å². The fourth-order valence-corrected chi connectivity index (χ4v) is 5.57. The molecule has 0 radical (unpaired) electrons. The molecule has 1 aliphatic carbocycles. The number of thiophene rings is 1. The van der Waals surface area contributed by atoms with E-state index in [1.165, 1.54) is 38.5 Å². The minimum atomic E-state index is -1.02. The average molecular weight is 588 g/mol. The largest absolute Gasteiger partial charge is 0.477 e. The molecule has 228 valence electrons. The zero-order valence-electron chi connectivity index (χ0n) is 25.3. The van der Waals surface area contributed by atoms with Crippen molar-refractivity contribution in [2.45, 2.75) is 97.1 Å². The van der Waals surface area contributed by atoms with Crippen molar-refractivity contribution in [2.24, 2.45) is 5.41 Å². The fourth-order valence-electron chi connectivity index (χ4n) is 4.72. The lowest BCUT2D eigenvalue weighted by Crippen LogP contribution is -2.43. The Bertz CT molecular complexity index is 975. The van der Waals surface area contributed by atoms with Crippen LogP contribution in [0.2, 0.25) is 0 Å². The van der Waals surface area contributed by atoms with Crippen LogP contribution in [0.1, 0.15) is 99.5 Å². The Labute approximate surface area is 251 Å². The summed E-state index contributed by atoms with van der Waals surface area (Å²) in [5, 5.41) is 12.7. The number of rotatable bonds is 6. The smallest absolute Gasteiger partial charge is 0.348 e. The number of carbonyl (C=O) groups excluding carboxylic acids is 2. The number of carboxylic acid groups (broad SMARTS) is 1. The lowest BCUT2D eigenvalue weighted by molar-refractivity contribution is -0.134. The van der Waals surface area contributed by atoms with E-state index in [1.807, 2.05) is 20.8 Å². The number of carbonyl (C=O) groups is 3. The lowest BCUT2D eigenvalue weighted by atomic mass is 9.98. The molecule has 1 aromatic heterocycles. The Morgan fingerprint density at radius 1 is 1.07 bits per heavy atom. The summed E-state index contributed by atoms with van der Waals surface area (Å²) >= 11 is 1.13. The number of nitrogens with one attached hydrogen (secondary N) is 1. The molecular formula is C32H49N3O5S. The summed E-state index contributed by atoms with van der Waals surface area (Å²) in [4.78, 5) is 37.8. The number of carboxylic acids is 1. The normalized spacial score (nSPS) is 17.8. The molecule has 1 aromatic rings. The quantitative estimate of drug-likeness (QED) is 0.340. The van der Waals surface area contributed by atoms with Gasteiger partial charge in [-0.3, -0.25) is 9.59 Å². The SMILES string of the molecule is C#C.C1CCCCC1.CN1CCC(N(C=O)c2cc(C#CC(C)(C)C)sc2C(=O)O)CC1.O=COC1CCNCC1. The number of aromatic carboxylic acids is 1. The molecule has 41 heavy (non-hydrogen) atoms. The van der Waals surface area contributed by atoms with Crippen LogP contribution in [0.3, 0.4) is 0 Å². The van der Waals surface area contributed by atoms with Gasteiger partial charge in [0.05, 0.1) is 10.6 Å².